The third-order valence-electron chi connectivity index (χ3n) is 2.86. The molecule has 1 aromatic heterocycles. The molecule has 0 atom stereocenters. The van der Waals surface area contributed by atoms with Gasteiger partial charge in [-0.3, -0.25) is 0 Å². The molecule has 20 heavy (non-hydrogen) atoms. The Labute approximate surface area is 128 Å². The average Bonchev–Trinajstić information content (AvgIpc) is 2.45. The predicted octanol–water partition coefficient (Wildman–Crippen LogP) is 4.55. The molecule has 0 radical (unpaired) electrons. The van der Waals surface area contributed by atoms with E-state index in [1.54, 1.807) is 6.20 Å². The van der Waals surface area contributed by atoms with Crippen LogP contribution in [0.25, 0.3) is 0 Å². The van der Waals surface area contributed by atoms with E-state index in [9.17, 15) is 0 Å². The van der Waals surface area contributed by atoms with Gasteiger partial charge in [-0.2, -0.15) is 0 Å². The highest BCUT2D eigenvalue weighted by molar-refractivity contribution is 9.10. The summed E-state index contributed by atoms with van der Waals surface area (Å²) in [7, 11) is 0. The highest BCUT2D eigenvalue weighted by atomic mass is 79.9. The van der Waals surface area contributed by atoms with Crippen molar-refractivity contribution in [3.63, 3.8) is 0 Å². The SMILES string of the molecule is CCCNc1cc(COc2ccc(C)cc2Br)ccn1. The van der Waals surface area contributed by atoms with Gasteiger partial charge in [-0.05, 0) is 64.7 Å². The van der Waals surface area contributed by atoms with Gasteiger partial charge in [-0.1, -0.05) is 13.0 Å². The summed E-state index contributed by atoms with van der Waals surface area (Å²) in [5.41, 5.74) is 2.31. The van der Waals surface area contributed by atoms with E-state index in [0.717, 1.165) is 34.6 Å². The summed E-state index contributed by atoms with van der Waals surface area (Å²) in [6.45, 7) is 5.66. The van der Waals surface area contributed by atoms with Crippen molar-refractivity contribution in [2.75, 3.05) is 11.9 Å². The van der Waals surface area contributed by atoms with Gasteiger partial charge in [0, 0.05) is 12.7 Å². The number of ether oxygens (including phenoxy) is 1. The number of halogens is 1. The lowest BCUT2D eigenvalue weighted by molar-refractivity contribution is 0.304. The summed E-state index contributed by atoms with van der Waals surface area (Å²) < 4.78 is 6.82. The minimum atomic E-state index is 0.533. The third kappa shape index (κ3) is 4.23. The van der Waals surface area contributed by atoms with Crippen LogP contribution in [0.15, 0.2) is 41.0 Å². The molecule has 106 valence electrons. The predicted molar refractivity (Wildman–Crippen MR) is 86.2 cm³/mol. The summed E-state index contributed by atoms with van der Waals surface area (Å²) in [5.74, 6) is 1.76. The Morgan fingerprint density at radius 1 is 1.25 bits per heavy atom. The summed E-state index contributed by atoms with van der Waals surface area (Å²) in [6, 6.07) is 10.1. The first-order chi connectivity index (χ1) is 9.69. The Hall–Kier alpha value is -1.55. The molecule has 2 aromatic rings. The molecule has 3 nitrogen and oxygen atoms in total. The Morgan fingerprint density at radius 2 is 2.10 bits per heavy atom. The average molecular weight is 335 g/mol. The maximum atomic E-state index is 5.83. The Kier molecular flexibility index (Phi) is 5.41. The zero-order valence-corrected chi connectivity index (χ0v) is 13.4. The van der Waals surface area contributed by atoms with Crippen LogP contribution in [0, 0.1) is 6.92 Å². The van der Waals surface area contributed by atoms with Crippen molar-refractivity contribution in [2.45, 2.75) is 26.9 Å². The zero-order valence-electron chi connectivity index (χ0n) is 11.8. The number of hydrogen-bond acceptors (Lipinski definition) is 3. The summed E-state index contributed by atoms with van der Waals surface area (Å²) in [5, 5.41) is 3.28. The number of nitrogens with zero attached hydrogens (tertiary/aromatic N) is 1. The van der Waals surface area contributed by atoms with Gasteiger partial charge in [0.05, 0.1) is 4.47 Å². The van der Waals surface area contributed by atoms with Gasteiger partial charge in [-0.25, -0.2) is 4.98 Å². The number of benzene rings is 1. The smallest absolute Gasteiger partial charge is 0.134 e. The normalized spacial score (nSPS) is 10.3. The summed E-state index contributed by atoms with van der Waals surface area (Å²) >= 11 is 3.52. The largest absolute Gasteiger partial charge is 0.488 e. The van der Waals surface area contributed by atoms with Crippen molar-refractivity contribution in [1.82, 2.24) is 4.98 Å². The minimum absolute atomic E-state index is 0.533. The van der Waals surface area contributed by atoms with Crippen LogP contribution in [-0.4, -0.2) is 11.5 Å². The summed E-state index contributed by atoms with van der Waals surface area (Å²) in [4.78, 5) is 4.29. The Morgan fingerprint density at radius 3 is 2.85 bits per heavy atom. The van der Waals surface area contributed by atoms with E-state index in [2.05, 4.69) is 46.1 Å². The molecule has 0 aliphatic rings. The molecule has 1 heterocycles. The van der Waals surface area contributed by atoms with Crippen LogP contribution >= 0.6 is 15.9 Å². The number of pyridine rings is 1. The molecule has 0 saturated carbocycles. The first-order valence-electron chi connectivity index (χ1n) is 6.77. The van der Waals surface area contributed by atoms with Crippen molar-refractivity contribution >= 4 is 21.7 Å². The van der Waals surface area contributed by atoms with E-state index < -0.39 is 0 Å². The lowest BCUT2D eigenvalue weighted by Crippen LogP contribution is -2.03. The van der Waals surface area contributed by atoms with Crippen molar-refractivity contribution in [2.24, 2.45) is 0 Å². The van der Waals surface area contributed by atoms with E-state index in [-0.39, 0.29) is 0 Å². The first kappa shape index (κ1) is 14.9. The molecular weight excluding hydrogens is 316 g/mol. The van der Waals surface area contributed by atoms with Crippen molar-refractivity contribution in [3.8, 4) is 5.75 Å². The monoisotopic (exact) mass is 334 g/mol. The molecule has 0 fully saturated rings. The van der Waals surface area contributed by atoms with Crippen LogP contribution in [0.4, 0.5) is 5.82 Å². The molecule has 0 aliphatic heterocycles. The van der Waals surface area contributed by atoms with Gasteiger partial charge in [0.1, 0.15) is 18.2 Å². The molecule has 2 rings (SSSR count). The second kappa shape index (κ2) is 7.29. The molecule has 0 aliphatic carbocycles. The van der Waals surface area contributed by atoms with Crippen LogP contribution in [0.5, 0.6) is 5.75 Å². The fourth-order valence-corrected chi connectivity index (χ4v) is 2.41. The number of aromatic nitrogens is 1. The van der Waals surface area contributed by atoms with Gasteiger partial charge in [-0.15, -0.1) is 0 Å². The molecule has 0 amide bonds. The highest BCUT2D eigenvalue weighted by Gasteiger charge is 2.03. The van der Waals surface area contributed by atoms with Crippen molar-refractivity contribution in [1.29, 1.82) is 0 Å². The van der Waals surface area contributed by atoms with Gasteiger partial charge < -0.3 is 10.1 Å². The van der Waals surface area contributed by atoms with Crippen LogP contribution in [0.3, 0.4) is 0 Å². The maximum absolute atomic E-state index is 5.83. The minimum Gasteiger partial charge on any atom is -0.488 e. The molecule has 0 spiro atoms. The van der Waals surface area contributed by atoms with Crippen LogP contribution < -0.4 is 10.1 Å². The molecule has 1 aromatic carbocycles. The van der Waals surface area contributed by atoms with Gasteiger partial charge in [0.2, 0.25) is 0 Å². The van der Waals surface area contributed by atoms with Gasteiger partial charge in [0.15, 0.2) is 0 Å². The van der Waals surface area contributed by atoms with Gasteiger partial charge in [0.25, 0.3) is 0 Å². The van der Waals surface area contributed by atoms with Crippen LogP contribution in [-0.2, 0) is 6.61 Å². The van der Waals surface area contributed by atoms with Crippen LogP contribution in [0.1, 0.15) is 24.5 Å². The zero-order chi connectivity index (χ0) is 14.4. The second-order valence-corrected chi connectivity index (χ2v) is 5.55. The number of nitrogens with one attached hydrogen (secondary N) is 1. The Balaban J connectivity index is 1.99. The number of rotatable bonds is 6. The second-order valence-electron chi connectivity index (χ2n) is 4.70. The molecule has 4 heteroatoms. The van der Waals surface area contributed by atoms with E-state index in [4.69, 9.17) is 4.74 Å². The fourth-order valence-electron chi connectivity index (χ4n) is 1.80. The van der Waals surface area contributed by atoms with Gasteiger partial charge >= 0.3 is 0 Å². The number of aryl methyl sites for hydroxylation is 1. The lowest BCUT2D eigenvalue weighted by Gasteiger charge is -2.10. The lowest BCUT2D eigenvalue weighted by atomic mass is 10.2. The standard InChI is InChI=1S/C16H19BrN2O/c1-3-7-18-16-10-13(6-8-19-16)11-20-15-5-4-12(2)9-14(15)17/h4-6,8-10H,3,7,11H2,1-2H3,(H,18,19). The van der Waals surface area contributed by atoms with E-state index in [1.165, 1.54) is 5.56 Å². The highest BCUT2D eigenvalue weighted by Crippen LogP contribution is 2.26. The summed E-state index contributed by atoms with van der Waals surface area (Å²) in [6.07, 6.45) is 2.89. The van der Waals surface area contributed by atoms with Crippen molar-refractivity contribution in [3.05, 3.63) is 52.1 Å². The van der Waals surface area contributed by atoms with Crippen LogP contribution in [0.2, 0.25) is 0 Å². The molecular formula is C16H19BrN2O. The van der Waals surface area contributed by atoms with E-state index in [0.29, 0.717) is 6.61 Å². The fraction of sp³-hybridized carbons (Fsp3) is 0.312. The van der Waals surface area contributed by atoms with E-state index >= 15 is 0 Å². The quantitative estimate of drug-likeness (QED) is 0.841. The third-order valence-corrected chi connectivity index (χ3v) is 3.48. The first-order valence-corrected chi connectivity index (χ1v) is 7.56. The maximum Gasteiger partial charge on any atom is 0.134 e. The number of hydrogen-bond donors (Lipinski definition) is 1. The number of anilines is 1. The van der Waals surface area contributed by atoms with Crippen molar-refractivity contribution < 1.29 is 4.74 Å². The molecule has 0 saturated heterocycles. The Bertz CT molecular complexity index is 572. The molecule has 0 unspecified atom stereocenters. The van der Waals surface area contributed by atoms with E-state index in [1.807, 2.05) is 24.3 Å². The molecule has 1 N–H and O–H groups in total. The molecule has 0 bridgehead atoms. The topological polar surface area (TPSA) is 34.1 Å².